The van der Waals surface area contributed by atoms with Crippen molar-refractivity contribution in [3.05, 3.63) is 63.2 Å². The van der Waals surface area contributed by atoms with Crippen LogP contribution in [0.25, 0.3) is 0 Å². The molecule has 22 heterocycles. The Labute approximate surface area is 844 Å². The summed E-state index contributed by atoms with van der Waals surface area (Å²) in [6, 6.07) is 7.90. The van der Waals surface area contributed by atoms with E-state index in [2.05, 4.69) is 49.2 Å². The van der Waals surface area contributed by atoms with E-state index < -0.39 is 291 Å². The van der Waals surface area contributed by atoms with E-state index in [4.69, 9.17) is 167 Å². The summed E-state index contributed by atoms with van der Waals surface area (Å²) in [6.07, 6.45) is -42.2. The van der Waals surface area contributed by atoms with Crippen LogP contribution in [-0.2, 0) is 198 Å². The van der Waals surface area contributed by atoms with Crippen LogP contribution in [0.5, 0.6) is 5.75 Å². The molecule has 5 amide bonds. The van der Waals surface area contributed by atoms with Crippen LogP contribution in [-0.4, -0.2) is 478 Å². The zero-order valence-electron chi connectivity index (χ0n) is 84.3. The highest BCUT2D eigenvalue weighted by Gasteiger charge is 2.63. The van der Waals surface area contributed by atoms with E-state index in [9.17, 15) is 19.5 Å². The summed E-state index contributed by atoms with van der Waals surface area (Å²) in [5, 5.41) is 24.5. The molecule has 22 aliphatic rings. The monoisotopic (exact) mass is 2170 g/mol. The molecule has 141 heavy (non-hydrogen) atoms. The zero-order valence-corrected chi connectivity index (χ0v) is 88.1. The van der Waals surface area contributed by atoms with Crippen LogP contribution in [0.15, 0.2) is 48.5 Å². The van der Waals surface area contributed by atoms with Gasteiger partial charge in [0.25, 0.3) is 0 Å². The lowest BCUT2D eigenvalue weighted by Gasteiger charge is -2.52. The van der Waals surface area contributed by atoms with E-state index in [0.29, 0.717) is 11.1 Å². The fourth-order valence-electron chi connectivity index (χ4n) is 19.5. The third-order valence-electron chi connectivity index (χ3n) is 26.6. The summed E-state index contributed by atoms with van der Waals surface area (Å²) in [5.41, 5.74) is 7.81. The van der Waals surface area contributed by atoms with Crippen LogP contribution < -0.4 is 32.3 Å². The second kappa shape index (κ2) is 55.4. The van der Waals surface area contributed by atoms with Gasteiger partial charge in [-0.1, -0.05) is 45.9 Å². The molecule has 0 spiro atoms. The van der Waals surface area contributed by atoms with Crippen LogP contribution >= 0.6 is 44.2 Å². The molecule has 2 aromatic carbocycles. The second-order valence-electron chi connectivity index (χ2n) is 36.2. The number of phenolic OH excluding ortho intramolecular Hbond substituents is 1. The molecule has 39 atom stereocenters. The Morgan fingerprint density at radius 3 is 0.957 bits per heavy atom. The van der Waals surface area contributed by atoms with Gasteiger partial charge in [0.1, 0.15) is 195 Å². The van der Waals surface area contributed by atoms with Crippen molar-refractivity contribution in [1.29, 1.82) is 0 Å². The Bertz CT molecular complexity index is 4110. The van der Waals surface area contributed by atoms with E-state index in [0.717, 1.165) is 25.2 Å². The average Bonchev–Trinajstić information content (AvgIpc) is 0.870. The molecule has 0 aromatic heterocycles. The molecule has 0 saturated carbocycles. The average molecular weight is 2170 g/mol. The first-order valence-electron chi connectivity index (χ1n) is 46.4. The molecule has 804 valence electrons. The molecular formula is C92H147IN6O40S2. The van der Waals surface area contributed by atoms with Gasteiger partial charge < -0.3 is 198 Å². The third kappa shape index (κ3) is 27.9. The topological polar surface area (TPSA) is 506 Å². The normalized spacial score (nSPS) is 39.3. The molecule has 22 saturated heterocycles. The Morgan fingerprint density at radius 2 is 0.667 bits per heavy atom. The van der Waals surface area contributed by atoms with Gasteiger partial charge in [-0.2, -0.15) is 0 Å². The van der Waals surface area contributed by atoms with Crippen molar-refractivity contribution in [1.82, 2.24) is 26.6 Å². The number of aromatic hydroxyl groups is 1. The second-order valence-corrected chi connectivity index (χ2v) is 40.9. The molecule has 22 aliphatic heterocycles. The highest BCUT2D eigenvalue weighted by Crippen LogP contribution is 2.49. The molecule has 14 bridgehead atoms. The molecule has 8 N–H and O–H groups in total. The number of benzene rings is 2. The fraction of sp³-hybridized carbons (Fsp3) is 0.815. The van der Waals surface area contributed by atoms with Crippen molar-refractivity contribution in [3.8, 4) is 5.75 Å². The number of hydrogen-bond donors (Lipinski definition) is 7. The number of carbonyl (C=O) groups excluding carboxylic acids is 5. The van der Waals surface area contributed by atoms with E-state index in [1.54, 1.807) is 52.0 Å². The highest BCUT2D eigenvalue weighted by atomic mass is 127. The SMILES string of the molecule is COCC1O[C@@H]2O[C@@H]3C(COC)O[C@H](O[C@@H]4C(COC)O[C@H](O[C@@H]5C(COC)O[C@@H](O[C@@H]6C(COC)O[C@H](O[C@@H]7C(COC)O[C@H](O[C@@H]8C(CNC(=O)[C@H]9NC(=O)[C@@H](Cc%10ccc(I)cc%10)NC(=O)CNC(=O)[C@H](NC(=O)[C@@H](N)Cc%10ccc(O)cc%10)C(C)(C)SSC9(C)C)O[C@H](O[C@H]1C(OC)C2OC)C(OC)C8OC)C(OC)C7OC)C(OC)C6OC)C(OC)C5OC)C(OC)C4OC)C(OC)C3OC. The van der Waals surface area contributed by atoms with Gasteiger partial charge in [0, 0.05) is 168 Å². The Balaban J connectivity index is 1.02. The van der Waals surface area contributed by atoms with Gasteiger partial charge in [0.05, 0.1) is 52.2 Å². The minimum Gasteiger partial charge on any atom is -0.508 e. The van der Waals surface area contributed by atoms with Crippen LogP contribution in [0.2, 0.25) is 0 Å². The lowest BCUT2D eigenvalue weighted by Crippen LogP contribution is -2.70. The Kier molecular flexibility index (Phi) is 45.9. The standard InChI is InChI=1S/C92H147IN6O40S2/c1-91(2)78(98-80(102)47(94)33-43-27-31-46(100)32-28-43)83(105)96-36-56(101)97-48(34-44-25-29-45(93)30-26-44)81(103)99-79(92(3,4)141-140-91)82(104)95-35-49-57-64(112-11)71(119-18)84(126-49)134-58-50(37-106-5)128-86(73(121-20)65(58)113-12)136-60-52(39-108-7)130-88(75(123-22)67(60)115-14)138-62-54(41-110-9)132-90(77(125-24)69(62)117-16)139-63-55(42-111-10)131-89(76(124-23)70(63)118-17)137-61-53(40-109-8)129-87(74(122-21)68(61)116-15)135-59-51(38-107-6)127-85(133-57)72(120-19)66(59)114-13/h25-32,47-55,57-79,84-90,100H,33-42,94H2,1-24H3,(H,95,104)(H,96,105)(H,97,101)(H,98,102)(H,99,103)/t47-,48+,49?,50?,51?,52?,53?,54?,55?,57+,58+,59+,60+,61+,62+,63+,64?,65?,66?,67?,68?,69?,70?,71?,72?,73?,74?,75?,76?,77?,78-,79+,84+,85+,86+,87+,88+,89-,90+/m0/s1. The van der Waals surface area contributed by atoms with E-state index in [1.165, 1.54) is 154 Å². The number of carbonyl (C=O) groups is 5. The zero-order chi connectivity index (χ0) is 102. The molecule has 24 rings (SSSR count). The largest absolute Gasteiger partial charge is 0.508 e. The molecule has 49 heteroatoms. The maximum Gasteiger partial charge on any atom is 0.244 e. The van der Waals surface area contributed by atoms with Gasteiger partial charge in [-0.15, -0.1) is 0 Å². The first-order valence-corrected chi connectivity index (χ1v) is 49.6. The number of rotatable bonds is 35. The summed E-state index contributed by atoms with van der Waals surface area (Å²) < 4.78 is 223. The lowest BCUT2D eigenvalue weighted by molar-refractivity contribution is -0.402. The predicted molar refractivity (Wildman–Crippen MR) is 505 cm³/mol. The number of halogens is 1. The number of nitrogens with one attached hydrogen (secondary N) is 5. The fourth-order valence-corrected chi connectivity index (χ4v) is 22.7. The van der Waals surface area contributed by atoms with Gasteiger partial charge in [-0.25, -0.2) is 0 Å². The van der Waals surface area contributed by atoms with Crippen LogP contribution in [0.3, 0.4) is 0 Å². The van der Waals surface area contributed by atoms with Crippen LogP contribution in [0.1, 0.15) is 38.8 Å². The number of phenols is 1. The molecular weight excluding hydrogens is 2020 g/mol. The van der Waals surface area contributed by atoms with Gasteiger partial charge in [-0.3, -0.25) is 24.0 Å². The molecule has 21 unspecified atom stereocenters. The quantitative estimate of drug-likeness (QED) is 0.0342. The maximum absolute atomic E-state index is 16.3. The highest BCUT2D eigenvalue weighted by molar-refractivity contribution is 14.1. The van der Waals surface area contributed by atoms with Crippen molar-refractivity contribution in [2.45, 2.75) is 289 Å². The van der Waals surface area contributed by atoms with E-state index in [-0.39, 0.29) is 58.2 Å². The van der Waals surface area contributed by atoms with Crippen molar-refractivity contribution in [3.63, 3.8) is 0 Å². The third-order valence-corrected chi connectivity index (χ3v) is 31.5. The summed E-state index contributed by atoms with van der Waals surface area (Å²) in [7, 11) is 31.4. The Hall–Kier alpha value is -4.38. The smallest absolute Gasteiger partial charge is 0.244 e. The lowest BCUT2D eigenvalue weighted by atomic mass is 9.94. The molecule has 22 fully saturated rings. The number of hydrogen-bond acceptors (Lipinski definition) is 43. The number of nitrogens with two attached hydrogens (primary N) is 1. The van der Waals surface area contributed by atoms with E-state index >= 15 is 9.59 Å². The van der Waals surface area contributed by atoms with Crippen molar-refractivity contribution < 1.29 is 190 Å². The van der Waals surface area contributed by atoms with Crippen LogP contribution in [0, 0.1) is 3.57 Å². The Morgan fingerprint density at radius 1 is 0.390 bits per heavy atom. The summed E-state index contributed by atoms with van der Waals surface area (Å²) in [6.45, 7) is 4.77. The van der Waals surface area contributed by atoms with Gasteiger partial charge >= 0.3 is 0 Å². The first kappa shape index (κ1) is 117. The molecule has 0 radical (unpaired) electrons. The van der Waals surface area contributed by atoms with Gasteiger partial charge in [0.15, 0.2) is 44.0 Å². The number of methoxy groups -OCH3 is 20. The summed E-state index contributed by atoms with van der Waals surface area (Å²) >= 11 is 2.15. The molecule has 0 aliphatic carbocycles. The molecule has 46 nitrogen and oxygen atoms in total. The predicted octanol–water partition coefficient (Wildman–Crippen LogP) is -0.379. The van der Waals surface area contributed by atoms with Gasteiger partial charge in [0.2, 0.25) is 29.5 Å². The minimum absolute atomic E-state index is 0.00823. The van der Waals surface area contributed by atoms with Crippen LogP contribution in [0.4, 0.5) is 0 Å². The molecule has 2 aromatic rings. The van der Waals surface area contributed by atoms with Crippen molar-refractivity contribution in [2.75, 3.05) is 195 Å². The summed E-state index contributed by atoms with van der Waals surface area (Å²) in [5.74, 6) is -3.83. The maximum atomic E-state index is 16.3. The van der Waals surface area contributed by atoms with Gasteiger partial charge in [-0.05, 0) is 92.1 Å². The summed E-state index contributed by atoms with van der Waals surface area (Å²) in [4.78, 5) is 75.1. The van der Waals surface area contributed by atoms with E-state index in [1.807, 2.05) is 12.1 Å². The van der Waals surface area contributed by atoms with Crippen molar-refractivity contribution >= 4 is 73.7 Å². The minimum atomic E-state index is -1.57. The first-order chi connectivity index (χ1) is 67.8. The number of ether oxygens (including phenoxy) is 34. The van der Waals surface area contributed by atoms with Crippen molar-refractivity contribution in [2.24, 2.45) is 5.73 Å². The number of amides is 5.